The Labute approximate surface area is 137 Å². The van der Waals surface area contributed by atoms with Gasteiger partial charge in [-0.1, -0.05) is 0 Å². The van der Waals surface area contributed by atoms with Crippen LogP contribution in [0.25, 0.3) is 30.4 Å². The van der Waals surface area contributed by atoms with Gasteiger partial charge in [0, 0.05) is 0 Å². The zero-order valence-electron chi connectivity index (χ0n) is 12.2. The van der Waals surface area contributed by atoms with E-state index < -0.39 is 0 Å². The van der Waals surface area contributed by atoms with E-state index in [2.05, 4.69) is 48.5 Å². The fraction of sp³-hybridized carbons (Fsp3) is 0. The zero-order chi connectivity index (χ0) is 13.5. The molecule has 0 fully saturated rings. The Balaban J connectivity index is 0.00000132. The quantitative estimate of drug-likeness (QED) is 0.369. The van der Waals surface area contributed by atoms with E-state index in [-0.39, 0.29) is 18.9 Å². The van der Waals surface area contributed by atoms with Crippen LogP contribution in [0.2, 0.25) is 0 Å². The monoisotopic (exact) mass is 315 g/mol. The van der Waals surface area contributed by atoms with Gasteiger partial charge in [-0.05, 0) is 0 Å². The predicted octanol–water partition coefficient (Wildman–Crippen LogP) is 1.52. The Kier molecular flexibility index (Phi) is 3.53. The molecule has 2 heteroatoms. The maximum atomic E-state index is 7.76. The van der Waals surface area contributed by atoms with E-state index in [1.165, 1.54) is 24.9 Å². The van der Waals surface area contributed by atoms with Crippen molar-refractivity contribution in [1.29, 1.82) is 0 Å². The molecule has 4 rings (SSSR count). The van der Waals surface area contributed by atoms with Crippen molar-refractivity contribution in [3.8, 4) is 11.1 Å². The summed E-state index contributed by atoms with van der Waals surface area (Å²) < 4.78 is 10.6. The second-order valence-electron chi connectivity index (χ2n) is 4.49. The maximum absolute atomic E-state index is 7.76. The van der Waals surface area contributed by atoms with Crippen LogP contribution in [-0.4, -0.2) is 14.5 Å². The van der Waals surface area contributed by atoms with Gasteiger partial charge in [-0.2, -0.15) is 0 Å². The first-order valence-corrected chi connectivity index (χ1v) is 7.94. The zero-order valence-corrected chi connectivity index (χ0v) is 12.9. The maximum Gasteiger partial charge on any atom is 1.00 e. The standard InChI is InChI=1S/C18H11Se.Li/c1-2-7-13(8-3-1)14-10-6-11-16-15-9-4-5-12-17(15)19-18(14)16;/h1-7,9-12H;/q-1;+1/i3D;. The van der Waals surface area contributed by atoms with Gasteiger partial charge in [0.05, 0.1) is 0 Å². The molecule has 90 valence electrons. The number of hydrogen-bond donors (Lipinski definition) is 0. The topological polar surface area (TPSA) is 0 Å². The third-order valence-electron chi connectivity index (χ3n) is 3.34. The summed E-state index contributed by atoms with van der Waals surface area (Å²) in [5.41, 5.74) is 2.26. The molecule has 0 unspecified atom stereocenters. The van der Waals surface area contributed by atoms with Crippen molar-refractivity contribution in [3.05, 3.63) is 72.8 Å². The first-order chi connectivity index (χ1) is 9.83. The minimum Gasteiger partial charge on any atom is 1.00 e. The van der Waals surface area contributed by atoms with Gasteiger partial charge >= 0.3 is 138 Å². The van der Waals surface area contributed by atoms with E-state index in [9.17, 15) is 0 Å². The number of benzene rings is 3. The molecule has 0 saturated heterocycles. The summed E-state index contributed by atoms with van der Waals surface area (Å²) >= 11 is 0.342. The van der Waals surface area contributed by atoms with Gasteiger partial charge in [0.1, 0.15) is 0 Å². The first kappa shape index (κ1) is 12.5. The molecule has 0 atom stereocenters. The molecule has 4 aromatic rings. The van der Waals surface area contributed by atoms with Gasteiger partial charge in [0.2, 0.25) is 0 Å². The van der Waals surface area contributed by atoms with Crippen molar-refractivity contribution in [3.63, 3.8) is 0 Å². The van der Waals surface area contributed by atoms with E-state index in [1.54, 1.807) is 6.07 Å². The van der Waals surface area contributed by atoms with Gasteiger partial charge in [-0.25, -0.2) is 0 Å². The molecule has 3 aromatic carbocycles. The molecule has 0 bridgehead atoms. The molecule has 0 saturated carbocycles. The van der Waals surface area contributed by atoms with Crippen LogP contribution < -0.4 is 18.9 Å². The van der Waals surface area contributed by atoms with Crippen LogP contribution in [0.15, 0.2) is 66.7 Å². The molecule has 0 aliphatic carbocycles. The second kappa shape index (κ2) is 5.64. The van der Waals surface area contributed by atoms with Crippen molar-refractivity contribution in [2.24, 2.45) is 0 Å². The molecule has 20 heavy (non-hydrogen) atoms. The first-order valence-electron chi connectivity index (χ1n) is 6.72. The number of fused-ring (bicyclic) bond motifs is 3. The average molecular weight is 314 g/mol. The molecular weight excluding hydrogens is 302 g/mol. The van der Waals surface area contributed by atoms with Crippen LogP contribution in [0.3, 0.4) is 0 Å². The van der Waals surface area contributed by atoms with E-state index in [4.69, 9.17) is 1.37 Å². The van der Waals surface area contributed by atoms with Crippen LogP contribution in [0.4, 0.5) is 0 Å². The molecule has 0 N–H and O–H groups in total. The number of hydrogen-bond acceptors (Lipinski definition) is 0. The van der Waals surface area contributed by atoms with Gasteiger partial charge in [-0.15, -0.1) is 0 Å². The Morgan fingerprint density at radius 1 is 0.850 bits per heavy atom. The minimum absolute atomic E-state index is 0. The fourth-order valence-electron chi connectivity index (χ4n) is 2.47. The average Bonchev–Trinajstić information content (AvgIpc) is 2.86. The van der Waals surface area contributed by atoms with Crippen molar-refractivity contribution in [2.75, 3.05) is 0 Å². The second-order valence-corrected chi connectivity index (χ2v) is 6.70. The van der Waals surface area contributed by atoms with Crippen LogP contribution in [-0.2, 0) is 0 Å². The smallest absolute Gasteiger partial charge is 1.00 e. The van der Waals surface area contributed by atoms with E-state index >= 15 is 0 Å². The Morgan fingerprint density at radius 2 is 1.65 bits per heavy atom. The fourth-order valence-corrected chi connectivity index (χ4v) is 5.05. The summed E-state index contributed by atoms with van der Waals surface area (Å²) in [7, 11) is 0. The summed E-state index contributed by atoms with van der Waals surface area (Å²) in [6, 6.07) is 24.5. The summed E-state index contributed by atoms with van der Waals surface area (Å²) in [6.07, 6.45) is 0. The Hall–Kier alpha value is -1.22. The summed E-state index contributed by atoms with van der Waals surface area (Å²) in [4.78, 5) is 0. The van der Waals surface area contributed by atoms with Gasteiger partial charge in [0.15, 0.2) is 0 Å². The van der Waals surface area contributed by atoms with Gasteiger partial charge in [0.25, 0.3) is 0 Å². The Bertz CT molecular complexity index is 927. The van der Waals surface area contributed by atoms with Crippen LogP contribution >= 0.6 is 0 Å². The number of rotatable bonds is 1. The Morgan fingerprint density at radius 3 is 2.55 bits per heavy atom. The van der Waals surface area contributed by atoms with Crippen LogP contribution in [0, 0.1) is 6.07 Å². The molecule has 0 radical (unpaired) electrons. The van der Waals surface area contributed by atoms with E-state index in [0.717, 1.165) is 5.56 Å². The van der Waals surface area contributed by atoms with Gasteiger partial charge < -0.3 is 0 Å². The molecular formula is C18H11LiSe. The summed E-state index contributed by atoms with van der Waals surface area (Å²) in [6.45, 7) is 0. The summed E-state index contributed by atoms with van der Waals surface area (Å²) in [5.74, 6) is 0. The third-order valence-corrected chi connectivity index (χ3v) is 5.90. The molecule has 0 aliphatic rings. The van der Waals surface area contributed by atoms with Crippen LogP contribution in [0.1, 0.15) is 1.37 Å². The summed E-state index contributed by atoms with van der Waals surface area (Å²) in [5, 5.41) is 2.72. The SMILES string of the molecule is [2H]c1[c-]c(-c2cccc3c2[se]c2ccccc23)ccc1.[Li+]. The van der Waals surface area contributed by atoms with Crippen LogP contribution in [0.5, 0.6) is 0 Å². The van der Waals surface area contributed by atoms with Crippen molar-refractivity contribution >= 4 is 33.8 Å². The largest absolute Gasteiger partial charge is 1.00 e. The minimum atomic E-state index is 0. The van der Waals surface area contributed by atoms with Crippen molar-refractivity contribution in [1.82, 2.24) is 0 Å². The molecule has 1 aromatic heterocycles. The molecule has 0 spiro atoms. The predicted molar refractivity (Wildman–Crippen MR) is 82.7 cm³/mol. The van der Waals surface area contributed by atoms with Crippen molar-refractivity contribution < 1.29 is 20.2 Å². The molecule has 1 heterocycles. The van der Waals surface area contributed by atoms with Crippen molar-refractivity contribution in [2.45, 2.75) is 0 Å². The van der Waals surface area contributed by atoms with Gasteiger partial charge in [-0.3, -0.25) is 0 Å². The van der Waals surface area contributed by atoms with E-state index in [1.807, 2.05) is 12.1 Å². The third kappa shape index (κ3) is 2.18. The molecule has 0 amide bonds. The molecule has 0 aliphatic heterocycles. The molecule has 0 nitrogen and oxygen atoms in total. The van der Waals surface area contributed by atoms with E-state index in [0.29, 0.717) is 20.5 Å². The normalized spacial score (nSPS) is 11.3.